The molecular weight excluding hydrogens is 235 g/mol. The second-order valence-corrected chi connectivity index (χ2v) is 1.78. The van der Waals surface area contributed by atoms with Crippen LogP contribution in [-0.2, 0) is 19.5 Å². The quantitative estimate of drug-likeness (QED) is 0.544. The molecule has 0 bridgehead atoms. The number of aromatic nitrogens is 1. The molecule has 1 aromatic carbocycles. The minimum atomic E-state index is 0. The zero-order valence-corrected chi connectivity index (χ0v) is 8.71. The molecule has 0 aliphatic heterocycles. The van der Waals surface area contributed by atoms with Gasteiger partial charge in [-0.3, -0.25) is 0 Å². The third-order valence-corrected chi connectivity index (χ3v) is 0.998. The van der Waals surface area contributed by atoms with Crippen molar-refractivity contribution in [1.29, 1.82) is 0 Å². The van der Waals surface area contributed by atoms with Crippen molar-refractivity contribution in [2.45, 2.75) is 0 Å². The number of aromatic amines is 1. The topological polar surface area (TPSA) is 15.8 Å². The zero-order valence-electron chi connectivity index (χ0n) is 6.97. The molecule has 0 atom stereocenters. The van der Waals surface area contributed by atoms with E-state index < -0.39 is 0 Å². The summed E-state index contributed by atoms with van der Waals surface area (Å²) in [4.78, 5) is 2.74. The van der Waals surface area contributed by atoms with Crippen LogP contribution in [0.25, 0.3) is 0 Å². The molecule has 1 aromatic heterocycles. The largest absolute Gasteiger partial charge is 3.00 e. The van der Waals surface area contributed by atoms with Gasteiger partial charge in [-0.05, 0) is 0 Å². The van der Waals surface area contributed by atoms with E-state index in [1.165, 1.54) is 0 Å². The van der Waals surface area contributed by atoms with E-state index in [-0.39, 0.29) is 26.9 Å². The number of rotatable bonds is 0. The van der Waals surface area contributed by atoms with Crippen LogP contribution < -0.4 is 0 Å². The molecule has 0 saturated carbocycles. The SMILES string of the molecule is [CH3-].[Ru+3].[c-]1ccc[nH]1.c1cc[cH-]c1. The van der Waals surface area contributed by atoms with Crippen molar-refractivity contribution in [3.63, 3.8) is 0 Å². The summed E-state index contributed by atoms with van der Waals surface area (Å²) in [6.07, 6.45) is 4.56. The smallest absolute Gasteiger partial charge is 0.484 e. The van der Waals surface area contributed by atoms with Crippen LogP contribution in [0, 0.1) is 13.6 Å². The first kappa shape index (κ1) is 13.8. The van der Waals surface area contributed by atoms with Crippen molar-refractivity contribution in [2.24, 2.45) is 0 Å². The monoisotopic (exact) mass is 248 g/mol. The normalized spacial score (nSPS) is 6.67. The van der Waals surface area contributed by atoms with E-state index in [0.717, 1.165) is 0 Å². The first-order valence-corrected chi connectivity index (χ1v) is 3.16. The molecule has 0 amide bonds. The van der Waals surface area contributed by atoms with Gasteiger partial charge in [0.25, 0.3) is 0 Å². The van der Waals surface area contributed by atoms with E-state index in [2.05, 4.69) is 11.2 Å². The molecule has 2 rings (SSSR count). The Morgan fingerprint density at radius 3 is 1.92 bits per heavy atom. The van der Waals surface area contributed by atoms with Gasteiger partial charge in [0, 0.05) is 0 Å². The first-order valence-electron chi connectivity index (χ1n) is 3.16. The number of nitrogens with one attached hydrogen (secondary N) is 1. The fourth-order valence-electron chi connectivity index (χ4n) is 0.561. The molecule has 0 aliphatic rings. The van der Waals surface area contributed by atoms with Crippen molar-refractivity contribution >= 4 is 0 Å². The van der Waals surface area contributed by atoms with E-state index in [9.17, 15) is 0 Å². The Morgan fingerprint density at radius 1 is 1.08 bits per heavy atom. The molecule has 65 valence electrons. The molecule has 12 heavy (non-hydrogen) atoms. The maximum absolute atomic E-state index is 2.74. The van der Waals surface area contributed by atoms with Crippen LogP contribution in [-0.4, -0.2) is 4.98 Å². The van der Waals surface area contributed by atoms with Gasteiger partial charge in [0.1, 0.15) is 0 Å². The third-order valence-electron chi connectivity index (χ3n) is 0.998. The zero-order chi connectivity index (χ0) is 7.07. The van der Waals surface area contributed by atoms with Crippen LogP contribution in [0.1, 0.15) is 0 Å². The maximum atomic E-state index is 2.74. The summed E-state index contributed by atoms with van der Waals surface area (Å²) in [5.41, 5.74) is 0. The molecule has 2 heteroatoms. The Morgan fingerprint density at radius 2 is 1.75 bits per heavy atom. The standard InChI is InChI=1S/C5H5.C4H4N.CH3.Ru/c2*1-2-4-5-3-1;;/h1-5H;1-3,5H;1H3;/q3*-1;+3. The molecule has 0 unspecified atom stereocenters. The molecule has 0 saturated heterocycles. The fraction of sp³-hybridized carbons (Fsp3) is 0. The summed E-state index contributed by atoms with van der Waals surface area (Å²) in [7, 11) is 0. The van der Waals surface area contributed by atoms with E-state index in [0.29, 0.717) is 0 Å². The Balaban J connectivity index is 0. The van der Waals surface area contributed by atoms with Crippen molar-refractivity contribution in [2.75, 3.05) is 0 Å². The Hall–Kier alpha value is -0.747. The van der Waals surface area contributed by atoms with Gasteiger partial charge in [-0.15, -0.1) is 6.20 Å². The van der Waals surface area contributed by atoms with Gasteiger partial charge in [0.05, 0.1) is 0 Å². The average Bonchev–Trinajstić information content (AvgIpc) is 2.67. The molecular formula is C10H12NRu. The van der Waals surface area contributed by atoms with Crippen molar-refractivity contribution in [3.05, 3.63) is 62.3 Å². The third kappa shape index (κ3) is 7.36. The predicted octanol–water partition coefficient (Wildman–Crippen LogP) is 2.67. The molecule has 1 radical (unpaired) electrons. The van der Waals surface area contributed by atoms with Crippen molar-refractivity contribution in [3.8, 4) is 0 Å². The molecule has 0 aliphatic carbocycles. The summed E-state index contributed by atoms with van der Waals surface area (Å²) >= 11 is 0. The van der Waals surface area contributed by atoms with E-state index in [1.54, 1.807) is 0 Å². The fourth-order valence-corrected chi connectivity index (χ4v) is 0.561. The molecule has 2 aromatic rings. The predicted molar refractivity (Wildman–Crippen MR) is 48.1 cm³/mol. The van der Waals surface area contributed by atoms with E-state index in [4.69, 9.17) is 0 Å². The van der Waals surface area contributed by atoms with Crippen LogP contribution in [0.5, 0.6) is 0 Å². The summed E-state index contributed by atoms with van der Waals surface area (Å²) in [5.74, 6) is 0. The van der Waals surface area contributed by atoms with Crippen molar-refractivity contribution < 1.29 is 19.5 Å². The van der Waals surface area contributed by atoms with Gasteiger partial charge < -0.3 is 12.4 Å². The van der Waals surface area contributed by atoms with Gasteiger partial charge >= 0.3 is 19.5 Å². The van der Waals surface area contributed by atoms with Gasteiger partial charge in [-0.25, -0.2) is 12.1 Å². The first-order chi connectivity index (χ1) is 5.00. The van der Waals surface area contributed by atoms with Crippen LogP contribution in [0.4, 0.5) is 0 Å². The van der Waals surface area contributed by atoms with Crippen LogP contribution in [0.15, 0.2) is 48.7 Å². The van der Waals surface area contributed by atoms with Crippen molar-refractivity contribution in [1.82, 2.24) is 4.98 Å². The van der Waals surface area contributed by atoms with Gasteiger partial charge in [-0.2, -0.15) is 36.5 Å². The second kappa shape index (κ2) is 10.3. The van der Waals surface area contributed by atoms with E-state index >= 15 is 0 Å². The summed E-state index contributed by atoms with van der Waals surface area (Å²) in [6.45, 7) is 0. The van der Waals surface area contributed by atoms with Gasteiger partial charge in [-0.1, -0.05) is 0 Å². The molecule has 1 N–H and O–H groups in total. The summed E-state index contributed by atoms with van der Waals surface area (Å²) in [5, 5.41) is 0. The minimum absolute atomic E-state index is 0. The Bertz CT molecular complexity index is 149. The molecule has 0 fully saturated rings. The van der Waals surface area contributed by atoms with Gasteiger partial charge in [0.2, 0.25) is 0 Å². The average molecular weight is 247 g/mol. The minimum Gasteiger partial charge on any atom is -0.484 e. The molecule has 1 nitrogen and oxygen atoms in total. The van der Waals surface area contributed by atoms with E-state index in [1.807, 2.05) is 48.7 Å². The van der Waals surface area contributed by atoms with Crippen LogP contribution >= 0.6 is 0 Å². The number of hydrogen-bond donors (Lipinski definition) is 1. The van der Waals surface area contributed by atoms with Gasteiger partial charge in [0.15, 0.2) is 0 Å². The second-order valence-electron chi connectivity index (χ2n) is 1.78. The number of hydrogen-bond acceptors (Lipinski definition) is 0. The molecule has 0 spiro atoms. The summed E-state index contributed by atoms with van der Waals surface area (Å²) < 4.78 is 0. The summed E-state index contributed by atoms with van der Waals surface area (Å²) in [6, 6.07) is 13.7. The van der Waals surface area contributed by atoms with Crippen LogP contribution in [0.2, 0.25) is 0 Å². The number of H-pyrrole nitrogens is 1. The molecule has 1 heterocycles. The maximum Gasteiger partial charge on any atom is 3.00 e. The Labute approximate surface area is 86.9 Å². The Kier molecular flexibility index (Phi) is 11.8. The van der Waals surface area contributed by atoms with Crippen LogP contribution in [0.3, 0.4) is 0 Å².